The Hall–Kier alpha value is -2.94. The second kappa shape index (κ2) is 8.66. The highest BCUT2D eigenvalue weighted by Gasteiger charge is 2.55. The lowest BCUT2D eigenvalue weighted by molar-refractivity contribution is -0.138. The van der Waals surface area contributed by atoms with Crippen LogP contribution >= 0.6 is 0 Å². The van der Waals surface area contributed by atoms with Crippen molar-refractivity contribution in [2.45, 2.75) is 51.8 Å². The highest BCUT2D eigenvalue weighted by molar-refractivity contribution is 6.43. The number of para-hydroxylation sites is 1. The van der Waals surface area contributed by atoms with Gasteiger partial charge in [0.25, 0.3) is 5.71 Å². The average Bonchev–Trinajstić information content (AvgIpc) is 3.38. The van der Waals surface area contributed by atoms with Crippen LogP contribution < -0.4 is 21.8 Å². The van der Waals surface area contributed by atoms with Crippen LogP contribution in [0, 0.1) is 11.3 Å². The maximum atomic E-state index is 13.0. The minimum atomic E-state index is -0.741. The summed E-state index contributed by atoms with van der Waals surface area (Å²) in [6.07, 6.45) is 0.855. The molecular formula is C22H32N5O4+. The van der Waals surface area contributed by atoms with E-state index in [1.54, 1.807) is 29.2 Å². The number of nitrogens with one attached hydrogen (secondary N) is 2. The number of nitrogens with zero attached hydrogens (tertiary/aromatic N) is 1. The fourth-order valence-corrected chi connectivity index (χ4v) is 3.94. The standard InChI is InChI=1S/C22H31N5O4/c1-22(2,3)17(28)10-26-21(31)16-9-12-8-15(12)27(16)18(29)11-25-14-7-5-4-6-13(14)19(23)20(24)30/h4-7,12,15-17,23,25,28H,8-11H2,1-3H3,(H2,24,30)(H,26,31)/p+1/t12-,15-,16+,17?/m1/s1. The molecule has 1 unspecified atom stereocenters. The molecule has 3 rings (SSSR count). The van der Waals surface area contributed by atoms with Gasteiger partial charge < -0.3 is 26.4 Å². The van der Waals surface area contributed by atoms with E-state index in [9.17, 15) is 19.5 Å². The SMILES string of the molecule is CC(C)(C)C(O)CNC(=O)[C@@H]1C[C@H]2C[C@H]2N1C(=O)CNc1ccccc1C(=[NH2+])C(N)=O. The van der Waals surface area contributed by atoms with Crippen LogP contribution in [0.4, 0.5) is 5.69 Å². The van der Waals surface area contributed by atoms with Crippen LogP contribution in [0.15, 0.2) is 24.3 Å². The van der Waals surface area contributed by atoms with Crippen molar-refractivity contribution in [3.63, 3.8) is 0 Å². The molecule has 1 aromatic carbocycles. The molecule has 0 radical (unpaired) electrons. The third kappa shape index (κ3) is 5.04. The summed E-state index contributed by atoms with van der Waals surface area (Å²) in [6.45, 7) is 5.80. The zero-order valence-electron chi connectivity index (χ0n) is 18.2. The second-order valence-corrected chi connectivity index (χ2v) is 9.42. The number of primary amides is 1. The van der Waals surface area contributed by atoms with Crippen molar-refractivity contribution in [2.24, 2.45) is 17.1 Å². The molecule has 3 amide bonds. The van der Waals surface area contributed by atoms with E-state index in [2.05, 4.69) is 10.6 Å². The number of fused-ring (bicyclic) bond motifs is 1. The lowest BCUT2D eigenvalue weighted by Gasteiger charge is -2.29. The molecular weight excluding hydrogens is 398 g/mol. The van der Waals surface area contributed by atoms with E-state index in [0.717, 1.165) is 6.42 Å². The van der Waals surface area contributed by atoms with Crippen molar-refractivity contribution in [3.8, 4) is 0 Å². The van der Waals surface area contributed by atoms with E-state index in [1.165, 1.54) is 0 Å². The van der Waals surface area contributed by atoms with Gasteiger partial charge in [0.05, 0.1) is 18.2 Å². The predicted molar refractivity (Wildman–Crippen MR) is 116 cm³/mol. The van der Waals surface area contributed by atoms with Gasteiger partial charge in [-0.3, -0.25) is 14.4 Å². The first-order valence-electron chi connectivity index (χ1n) is 10.5. The van der Waals surface area contributed by atoms with Gasteiger partial charge in [0, 0.05) is 18.3 Å². The number of amides is 3. The number of aliphatic hydroxyl groups is 1. The molecule has 168 valence electrons. The van der Waals surface area contributed by atoms with E-state index in [0.29, 0.717) is 23.6 Å². The highest BCUT2D eigenvalue weighted by Crippen LogP contribution is 2.47. The van der Waals surface area contributed by atoms with Crippen LogP contribution in [0.2, 0.25) is 0 Å². The average molecular weight is 431 g/mol. The van der Waals surface area contributed by atoms with E-state index < -0.39 is 18.1 Å². The molecule has 1 aliphatic heterocycles. The molecule has 1 saturated carbocycles. The summed E-state index contributed by atoms with van der Waals surface area (Å²) in [7, 11) is 0. The molecule has 1 saturated heterocycles. The Morgan fingerprint density at radius 3 is 2.58 bits per heavy atom. The smallest absolute Gasteiger partial charge is 0.313 e. The molecule has 1 aromatic rings. The summed E-state index contributed by atoms with van der Waals surface area (Å²) in [5.41, 5.74) is 5.79. The number of hydrogen-bond acceptors (Lipinski definition) is 5. The summed E-state index contributed by atoms with van der Waals surface area (Å²) in [6, 6.07) is 6.38. The summed E-state index contributed by atoms with van der Waals surface area (Å²) < 4.78 is 0. The molecule has 9 heteroatoms. The number of benzene rings is 1. The Labute approximate surface area is 181 Å². The number of hydrogen-bond donors (Lipinski definition) is 5. The van der Waals surface area contributed by atoms with Crippen molar-refractivity contribution in [1.82, 2.24) is 10.2 Å². The zero-order chi connectivity index (χ0) is 22.9. The van der Waals surface area contributed by atoms with Crippen molar-refractivity contribution in [3.05, 3.63) is 29.8 Å². The third-order valence-electron chi connectivity index (χ3n) is 6.08. The van der Waals surface area contributed by atoms with Crippen molar-refractivity contribution < 1.29 is 24.9 Å². The number of aliphatic hydroxyl groups excluding tert-OH is 1. The molecule has 1 heterocycles. The van der Waals surface area contributed by atoms with Crippen LogP contribution in [0.5, 0.6) is 0 Å². The molecule has 0 bridgehead atoms. The molecule has 9 nitrogen and oxygen atoms in total. The number of nitrogens with two attached hydrogens (primary N) is 2. The molecule has 2 aliphatic rings. The first kappa shape index (κ1) is 22.7. The molecule has 4 atom stereocenters. The first-order valence-corrected chi connectivity index (χ1v) is 10.5. The molecule has 1 aliphatic carbocycles. The van der Waals surface area contributed by atoms with Crippen LogP contribution in [0.1, 0.15) is 39.2 Å². The van der Waals surface area contributed by atoms with Gasteiger partial charge in [0.2, 0.25) is 11.8 Å². The predicted octanol–water partition coefficient (Wildman–Crippen LogP) is -1.36. The van der Waals surface area contributed by atoms with E-state index in [-0.39, 0.29) is 42.1 Å². The minimum Gasteiger partial charge on any atom is -0.391 e. The van der Waals surface area contributed by atoms with Gasteiger partial charge >= 0.3 is 5.91 Å². The van der Waals surface area contributed by atoms with Gasteiger partial charge in [-0.25, -0.2) is 5.41 Å². The Morgan fingerprint density at radius 1 is 1.26 bits per heavy atom. The van der Waals surface area contributed by atoms with Crippen LogP contribution in [0.3, 0.4) is 0 Å². The van der Waals surface area contributed by atoms with Crippen molar-refractivity contribution in [1.29, 1.82) is 0 Å². The fraction of sp³-hybridized carbons (Fsp3) is 0.545. The zero-order valence-corrected chi connectivity index (χ0v) is 18.2. The van der Waals surface area contributed by atoms with Gasteiger partial charge in [0.1, 0.15) is 6.04 Å². The van der Waals surface area contributed by atoms with Crippen LogP contribution in [0.25, 0.3) is 0 Å². The Morgan fingerprint density at radius 2 is 1.94 bits per heavy atom. The Balaban J connectivity index is 1.63. The normalized spacial score (nSPS) is 23.0. The summed E-state index contributed by atoms with van der Waals surface area (Å²) in [5, 5.41) is 21.8. The fourth-order valence-electron chi connectivity index (χ4n) is 3.94. The monoisotopic (exact) mass is 430 g/mol. The minimum absolute atomic E-state index is 0.0410. The van der Waals surface area contributed by atoms with E-state index >= 15 is 0 Å². The van der Waals surface area contributed by atoms with Gasteiger partial charge in [-0.05, 0) is 36.3 Å². The molecule has 0 aromatic heterocycles. The summed E-state index contributed by atoms with van der Waals surface area (Å²) in [4.78, 5) is 38.8. The van der Waals surface area contributed by atoms with Gasteiger partial charge in [-0.15, -0.1) is 0 Å². The number of rotatable bonds is 8. The van der Waals surface area contributed by atoms with Gasteiger partial charge in [-0.2, -0.15) is 0 Å². The summed E-state index contributed by atoms with van der Waals surface area (Å²) in [5.74, 6) is -0.835. The largest absolute Gasteiger partial charge is 0.391 e. The molecule has 31 heavy (non-hydrogen) atoms. The number of anilines is 1. The third-order valence-corrected chi connectivity index (χ3v) is 6.08. The summed E-state index contributed by atoms with van der Waals surface area (Å²) >= 11 is 0. The highest BCUT2D eigenvalue weighted by atomic mass is 16.3. The van der Waals surface area contributed by atoms with E-state index in [1.807, 2.05) is 20.8 Å². The van der Waals surface area contributed by atoms with Crippen molar-refractivity contribution >= 4 is 29.1 Å². The Kier molecular flexibility index (Phi) is 6.35. The number of likely N-dealkylation sites (tertiary alicyclic amines) is 1. The quantitative estimate of drug-likeness (QED) is 0.323. The molecule has 2 fully saturated rings. The maximum Gasteiger partial charge on any atom is 0.313 e. The van der Waals surface area contributed by atoms with E-state index in [4.69, 9.17) is 11.1 Å². The van der Waals surface area contributed by atoms with Crippen molar-refractivity contribution in [2.75, 3.05) is 18.4 Å². The van der Waals surface area contributed by atoms with Gasteiger partial charge in [-0.1, -0.05) is 32.9 Å². The molecule has 0 spiro atoms. The number of carbonyl (C=O) groups is 3. The first-order chi connectivity index (χ1) is 14.5. The topological polar surface area (TPSA) is 150 Å². The van der Waals surface area contributed by atoms with Gasteiger partial charge in [0.15, 0.2) is 0 Å². The second-order valence-electron chi connectivity index (χ2n) is 9.42. The molecule has 7 N–H and O–H groups in total. The number of piperidine rings is 1. The van der Waals surface area contributed by atoms with Crippen LogP contribution in [-0.4, -0.2) is 64.7 Å². The van der Waals surface area contributed by atoms with Crippen LogP contribution in [-0.2, 0) is 14.4 Å². The lowest BCUT2D eigenvalue weighted by atomic mass is 9.89. The number of carbonyl (C=O) groups excluding carboxylic acids is 3. The maximum absolute atomic E-state index is 13.0. The Bertz CT molecular complexity index is 894. The lowest BCUT2D eigenvalue weighted by Crippen LogP contribution is -2.51.